The molecule has 1 aliphatic carbocycles. The second-order valence-electron chi connectivity index (χ2n) is 16.3. The summed E-state index contributed by atoms with van der Waals surface area (Å²) in [5.41, 5.74) is 4.80. The van der Waals surface area contributed by atoms with Gasteiger partial charge in [-0.15, -0.1) is 0 Å². The molecule has 0 saturated carbocycles. The lowest BCUT2D eigenvalue weighted by Gasteiger charge is -2.36. The Morgan fingerprint density at radius 2 is 1.83 bits per heavy atom. The number of piperazine rings is 1. The van der Waals surface area contributed by atoms with Gasteiger partial charge in [-0.2, -0.15) is 5.10 Å². The van der Waals surface area contributed by atoms with E-state index < -0.39 is 21.6 Å². The molecule has 2 aliphatic heterocycles. The molecule has 0 spiro atoms. The molecule has 16 heteroatoms. The maximum absolute atomic E-state index is 15.3. The third-order valence-corrected chi connectivity index (χ3v) is 14.6. The second kappa shape index (κ2) is 16.8. The van der Waals surface area contributed by atoms with Crippen molar-refractivity contribution in [2.24, 2.45) is 5.41 Å². The molecule has 0 unspecified atom stereocenters. The van der Waals surface area contributed by atoms with Crippen molar-refractivity contribution in [1.29, 1.82) is 0 Å². The first-order chi connectivity index (χ1) is 28.3. The summed E-state index contributed by atoms with van der Waals surface area (Å²) in [5.74, 6) is -0.175. The van der Waals surface area contributed by atoms with Crippen LogP contribution in [0, 0.1) is 12.3 Å². The van der Waals surface area contributed by atoms with Crippen LogP contribution < -0.4 is 24.4 Å². The predicted molar refractivity (Wildman–Crippen MR) is 228 cm³/mol. The quantitative estimate of drug-likeness (QED) is 0.112. The molecule has 1 amide bonds. The van der Waals surface area contributed by atoms with Crippen LogP contribution in [0.2, 0.25) is 5.02 Å². The zero-order chi connectivity index (χ0) is 41.4. The number of aromatic amines is 1. The molecular formula is C43H48ClFN6O6S2. The minimum Gasteiger partial charge on any atom is -0.467 e. The fraction of sp³-hybridized carbons (Fsp3) is 0.419. The van der Waals surface area contributed by atoms with Crippen molar-refractivity contribution in [2.45, 2.75) is 69.2 Å². The van der Waals surface area contributed by atoms with Crippen LogP contribution in [0.3, 0.4) is 0 Å². The molecule has 2 saturated heterocycles. The Labute approximate surface area is 352 Å². The van der Waals surface area contributed by atoms with Gasteiger partial charge in [0.15, 0.2) is 9.96 Å². The number of aryl methyl sites for hydroxylation is 1. The van der Waals surface area contributed by atoms with Crippen molar-refractivity contribution in [3.8, 4) is 16.7 Å². The number of rotatable bonds is 12. The number of hydrogen-bond donors (Lipinski definition) is 3. The standard InChI is InChI=1S/C43H48ClFN6O6S2/c1-27-40(58-41(48-27)56-26-43(45)15-21-55-22-16-43)59(53,54)50-39(52)32-12-9-30(23-29-13-14-42(2,3)24-33(29)28-7-10-31(44)11-8-28)37(51-19-17-46-18-20-51)38(32)57-36-6-4-5-35-34(36)25-47-49-35/h4-12,25,46H,13-24,26H2,1-3H3,(H,47,49)(H,50,52). The Bertz CT molecular complexity index is 2490. The van der Waals surface area contributed by atoms with Gasteiger partial charge in [-0.05, 0) is 85.1 Å². The molecule has 59 heavy (non-hydrogen) atoms. The molecule has 2 fully saturated rings. The highest BCUT2D eigenvalue weighted by atomic mass is 35.5. The highest BCUT2D eigenvalue weighted by Gasteiger charge is 2.35. The van der Waals surface area contributed by atoms with Gasteiger partial charge in [-0.3, -0.25) is 9.89 Å². The Morgan fingerprint density at radius 3 is 2.59 bits per heavy atom. The summed E-state index contributed by atoms with van der Waals surface area (Å²) in [5, 5.41) is 12.0. The predicted octanol–water partition coefficient (Wildman–Crippen LogP) is 8.41. The number of thiazole rings is 1. The van der Waals surface area contributed by atoms with Crippen LogP contribution in [0.15, 0.2) is 70.6 Å². The Balaban J connectivity index is 1.19. The van der Waals surface area contributed by atoms with Crippen molar-refractivity contribution >= 4 is 61.0 Å². The van der Waals surface area contributed by atoms with Crippen molar-refractivity contribution in [3.05, 3.63) is 93.8 Å². The summed E-state index contributed by atoms with van der Waals surface area (Å²) in [6.07, 6.45) is 5.39. The van der Waals surface area contributed by atoms with Crippen molar-refractivity contribution < 1.29 is 31.8 Å². The average molecular weight is 863 g/mol. The Morgan fingerprint density at radius 1 is 1.07 bits per heavy atom. The van der Waals surface area contributed by atoms with Gasteiger partial charge in [-0.1, -0.05) is 66.6 Å². The number of allylic oxidation sites excluding steroid dienone is 2. The number of amides is 1. The summed E-state index contributed by atoms with van der Waals surface area (Å²) < 4.78 is 63.1. The van der Waals surface area contributed by atoms with Gasteiger partial charge in [0.2, 0.25) is 0 Å². The van der Waals surface area contributed by atoms with E-state index in [9.17, 15) is 13.2 Å². The fourth-order valence-electron chi connectivity index (χ4n) is 8.09. The highest BCUT2D eigenvalue weighted by Crippen LogP contribution is 2.47. The molecule has 3 aliphatic rings. The average Bonchev–Trinajstić information content (AvgIpc) is 3.86. The van der Waals surface area contributed by atoms with Gasteiger partial charge in [0.05, 0.1) is 34.0 Å². The van der Waals surface area contributed by atoms with E-state index in [2.05, 4.69) is 56.1 Å². The Hall–Kier alpha value is -4.54. The van der Waals surface area contributed by atoms with Gasteiger partial charge >= 0.3 is 0 Å². The number of hydrogen-bond acceptors (Lipinski definition) is 11. The van der Waals surface area contributed by atoms with Crippen LogP contribution in [0.5, 0.6) is 16.7 Å². The molecule has 12 nitrogen and oxygen atoms in total. The van der Waals surface area contributed by atoms with Crippen LogP contribution in [0.4, 0.5) is 10.1 Å². The molecule has 4 heterocycles. The van der Waals surface area contributed by atoms with Gasteiger partial charge in [-0.25, -0.2) is 22.5 Å². The summed E-state index contributed by atoms with van der Waals surface area (Å²) in [6, 6.07) is 17.1. The van der Waals surface area contributed by atoms with Crippen molar-refractivity contribution in [2.75, 3.05) is 50.9 Å². The van der Waals surface area contributed by atoms with E-state index in [1.54, 1.807) is 18.3 Å². The van der Waals surface area contributed by atoms with E-state index >= 15 is 4.39 Å². The zero-order valence-corrected chi connectivity index (χ0v) is 35.7. The van der Waals surface area contributed by atoms with E-state index in [4.69, 9.17) is 25.8 Å². The van der Waals surface area contributed by atoms with Crippen LogP contribution in [-0.4, -0.2) is 81.2 Å². The van der Waals surface area contributed by atoms with Gasteiger partial charge in [0.25, 0.3) is 21.1 Å². The molecule has 2 aromatic heterocycles. The fourth-order valence-corrected chi connectivity index (χ4v) is 10.5. The summed E-state index contributed by atoms with van der Waals surface area (Å²) >= 11 is 7.06. The number of ether oxygens (including phenoxy) is 3. The maximum atomic E-state index is 15.3. The van der Waals surface area contributed by atoms with Gasteiger partial charge in [0.1, 0.15) is 18.0 Å². The first-order valence-corrected chi connectivity index (χ1v) is 22.6. The molecule has 0 radical (unpaired) electrons. The minimum absolute atomic E-state index is 0.000193. The lowest BCUT2D eigenvalue weighted by Crippen LogP contribution is -2.44. The monoisotopic (exact) mass is 862 g/mol. The first-order valence-electron chi connectivity index (χ1n) is 19.9. The molecule has 3 aromatic carbocycles. The van der Waals surface area contributed by atoms with Gasteiger partial charge < -0.3 is 24.4 Å². The number of carbonyl (C=O) groups excluding carboxylic acids is 1. The van der Waals surface area contributed by atoms with Crippen LogP contribution in [0.1, 0.15) is 73.1 Å². The molecule has 312 valence electrons. The highest BCUT2D eigenvalue weighted by molar-refractivity contribution is 7.92. The third kappa shape index (κ3) is 9.14. The molecule has 5 aromatic rings. The smallest absolute Gasteiger partial charge is 0.275 e. The number of benzene rings is 3. The second-order valence-corrected chi connectivity index (χ2v) is 19.6. The summed E-state index contributed by atoms with van der Waals surface area (Å²) in [6.45, 7) is 9.07. The number of alkyl halides is 1. The van der Waals surface area contributed by atoms with Crippen molar-refractivity contribution in [1.82, 2.24) is 25.2 Å². The number of aromatic nitrogens is 3. The van der Waals surface area contributed by atoms with Crippen LogP contribution in [0.25, 0.3) is 16.5 Å². The number of H-pyrrole nitrogens is 1. The van der Waals surface area contributed by atoms with E-state index in [-0.39, 0.29) is 64.5 Å². The van der Waals surface area contributed by atoms with E-state index in [1.165, 1.54) is 18.1 Å². The van der Waals surface area contributed by atoms with E-state index in [0.717, 1.165) is 52.9 Å². The first kappa shape index (κ1) is 41.2. The number of carbonyl (C=O) groups is 1. The normalized spacial score (nSPS) is 18.2. The minimum atomic E-state index is -4.46. The van der Waals surface area contributed by atoms with Crippen LogP contribution >= 0.6 is 22.9 Å². The molecular weight excluding hydrogens is 815 g/mol. The number of nitrogens with zero attached hydrogens (tertiary/aromatic N) is 3. The lowest BCUT2D eigenvalue weighted by atomic mass is 9.71. The summed E-state index contributed by atoms with van der Waals surface area (Å²) in [4.78, 5) is 21.0. The SMILES string of the molecule is Cc1nc(OCC2(F)CCOCC2)sc1S(=O)(=O)NC(=O)c1ccc(CC2=C(c3ccc(Cl)cc3)CC(C)(C)CC2)c(N2CCNCC2)c1Oc1cccc2[nH]ncc12. The third-order valence-electron chi connectivity index (χ3n) is 11.4. The maximum Gasteiger partial charge on any atom is 0.275 e. The molecule has 3 N–H and O–H groups in total. The van der Waals surface area contributed by atoms with Crippen molar-refractivity contribution in [3.63, 3.8) is 0 Å². The van der Waals surface area contributed by atoms with Crippen LogP contribution in [-0.2, 0) is 21.2 Å². The zero-order valence-electron chi connectivity index (χ0n) is 33.3. The number of sulfonamides is 1. The molecule has 0 atom stereocenters. The number of nitrogens with one attached hydrogen (secondary N) is 3. The van der Waals surface area contributed by atoms with E-state index in [1.807, 2.05) is 30.3 Å². The Kier molecular flexibility index (Phi) is 11.8. The lowest BCUT2D eigenvalue weighted by molar-refractivity contribution is -0.0324. The molecule has 0 bridgehead atoms. The number of fused-ring (bicyclic) bond motifs is 1. The summed E-state index contributed by atoms with van der Waals surface area (Å²) in [7, 11) is -4.46. The number of halogens is 2. The topological polar surface area (TPSA) is 148 Å². The van der Waals surface area contributed by atoms with E-state index in [0.29, 0.717) is 48.8 Å². The number of anilines is 1. The largest absolute Gasteiger partial charge is 0.467 e. The van der Waals surface area contributed by atoms with Gasteiger partial charge in [0, 0.05) is 57.3 Å². The molecule has 8 rings (SSSR count).